The van der Waals surface area contributed by atoms with Crippen LogP contribution in [0.25, 0.3) is 0 Å². The van der Waals surface area contributed by atoms with E-state index in [2.05, 4.69) is 15.4 Å². The normalized spacial score (nSPS) is 8.89. The molecule has 0 saturated carbocycles. The Balaban J connectivity index is 2.89. The smallest absolute Gasteiger partial charge is 0.242 e. The van der Waals surface area contributed by atoms with Crippen molar-refractivity contribution in [3.05, 3.63) is 17.6 Å². The largest absolute Gasteiger partial charge is 0.391 e. The summed E-state index contributed by atoms with van der Waals surface area (Å²) in [5.74, 6) is 0. The molecule has 1 aromatic rings. The van der Waals surface area contributed by atoms with Crippen LogP contribution in [0, 0.1) is 4.91 Å². The SMILES string of the molecule is O=NC(=O)n1cnnc1. The van der Waals surface area contributed by atoms with Gasteiger partial charge >= 0.3 is 6.03 Å². The van der Waals surface area contributed by atoms with Gasteiger partial charge in [0, 0.05) is 5.18 Å². The van der Waals surface area contributed by atoms with Crippen LogP contribution in [0.5, 0.6) is 0 Å². The summed E-state index contributed by atoms with van der Waals surface area (Å²) >= 11 is 0. The number of aromatic nitrogens is 3. The molecule has 0 aliphatic heterocycles. The third kappa shape index (κ3) is 0.958. The summed E-state index contributed by atoms with van der Waals surface area (Å²) in [5, 5.41) is 8.69. The van der Waals surface area contributed by atoms with Gasteiger partial charge in [-0.15, -0.1) is 15.1 Å². The van der Waals surface area contributed by atoms with Crippen molar-refractivity contribution in [1.82, 2.24) is 14.8 Å². The van der Waals surface area contributed by atoms with Crippen molar-refractivity contribution in [2.45, 2.75) is 0 Å². The number of nitrogens with zero attached hydrogens (tertiary/aromatic N) is 4. The molecule has 0 aliphatic carbocycles. The van der Waals surface area contributed by atoms with Gasteiger partial charge in [-0.05, 0) is 0 Å². The molecule has 1 amide bonds. The van der Waals surface area contributed by atoms with E-state index in [0.29, 0.717) is 0 Å². The molecule has 1 rings (SSSR count). The molecule has 1 aromatic heterocycles. The lowest BCUT2D eigenvalue weighted by Gasteiger charge is -1.82. The average molecular weight is 126 g/mol. The van der Waals surface area contributed by atoms with Gasteiger partial charge in [0.15, 0.2) is 0 Å². The molecule has 0 radical (unpaired) electrons. The number of carbonyl (C=O) groups is 1. The molecule has 1 heterocycles. The Bertz CT molecular complexity index is 216. The molecule has 6 nitrogen and oxygen atoms in total. The lowest BCUT2D eigenvalue weighted by atomic mass is 10.9. The highest BCUT2D eigenvalue weighted by molar-refractivity contribution is 5.76. The number of carbonyl (C=O) groups excluding carboxylic acids is 1. The van der Waals surface area contributed by atoms with Crippen molar-refractivity contribution in [2.75, 3.05) is 0 Å². The Morgan fingerprint density at radius 2 is 2.00 bits per heavy atom. The molecule has 0 N–H and O–H groups in total. The zero-order valence-corrected chi connectivity index (χ0v) is 4.26. The van der Waals surface area contributed by atoms with Crippen molar-refractivity contribution in [3.63, 3.8) is 0 Å². The first-order valence-electron chi connectivity index (χ1n) is 2.07. The molecule has 0 saturated heterocycles. The van der Waals surface area contributed by atoms with E-state index in [1.54, 1.807) is 0 Å². The van der Waals surface area contributed by atoms with Crippen LogP contribution in [0.1, 0.15) is 0 Å². The van der Waals surface area contributed by atoms with E-state index in [1.165, 1.54) is 0 Å². The minimum absolute atomic E-state index is 0.882. The highest BCUT2D eigenvalue weighted by Crippen LogP contribution is 1.83. The number of nitroso groups, excluding NO2 is 1. The van der Waals surface area contributed by atoms with E-state index in [0.717, 1.165) is 17.2 Å². The Labute approximate surface area is 49.5 Å². The van der Waals surface area contributed by atoms with Gasteiger partial charge in [-0.3, -0.25) is 0 Å². The van der Waals surface area contributed by atoms with Gasteiger partial charge in [-0.1, -0.05) is 0 Å². The van der Waals surface area contributed by atoms with Crippen molar-refractivity contribution in [3.8, 4) is 0 Å². The minimum atomic E-state index is -0.917. The maximum absolute atomic E-state index is 10.3. The second-order valence-corrected chi connectivity index (χ2v) is 1.24. The first-order chi connectivity index (χ1) is 4.34. The minimum Gasteiger partial charge on any atom is -0.242 e. The molecule has 0 aromatic carbocycles. The molecule has 0 aliphatic rings. The highest BCUT2D eigenvalue weighted by Gasteiger charge is 2.00. The van der Waals surface area contributed by atoms with Crippen LogP contribution in [0.4, 0.5) is 4.79 Å². The lowest BCUT2D eigenvalue weighted by Crippen LogP contribution is -2.01. The zero-order chi connectivity index (χ0) is 6.69. The maximum Gasteiger partial charge on any atom is 0.391 e. The van der Waals surface area contributed by atoms with Gasteiger partial charge in [0.05, 0.1) is 0 Å². The van der Waals surface area contributed by atoms with Gasteiger partial charge in [0.1, 0.15) is 12.7 Å². The molecule has 6 heteroatoms. The fourth-order valence-electron chi connectivity index (χ4n) is 0.347. The number of amides is 1. The van der Waals surface area contributed by atoms with E-state index in [4.69, 9.17) is 0 Å². The van der Waals surface area contributed by atoms with Crippen molar-refractivity contribution in [2.24, 2.45) is 5.18 Å². The fraction of sp³-hybridized carbons (Fsp3) is 0. The van der Waals surface area contributed by atoms with E-state index < -0.39 is 6.03 Å². The third-order valence-corrected chi connectivity index (χ3v) is 0.718. The summed E-state index contributed by atoms with van der Waals surface area (Å²) in [6, 6.07) is -0.917. The van der Waals surface area contributed by atoms with Crippen LogP contribution in [0.3, 0.4) is 0 Å². The number of hydrogen-bond acceptors (Lipinski definition) is 4. The third-order valence-electron chi connectivity index (χ3n) is 0.718. The first-order valence-corrected chi connectivity index (χ1v) is 2.07. The lowest BCUT2D eigenvalue weighted by molar-refractivity contribution is 0.250. The van der Waals surface area contributed by atoms with E-state index in [1.807, 2.05) is 0 Å². The van der Waals surface area contributed by atoms with Gasteiger partial charge < -0.3 is 0 Å². The maximum atomic E-state index is 10.3. The van der Waals surface area contributed by atoms with Crippen LogP contribution in [-0.2, 0) is 0 Å². The number of hydrogen-bond donors (Lipinski definition) is 0. The molecule has 46 valence electrons. The summed E-state index contributed by atoms with van der Waals surface area (Å²) in [7, 11) is 0. The first kappa shape index (κ1) is 5.54. The van der Waals surface area contributed by atoms with E-state index in [-0.39, 0.29) is 0 Å². The second-order valence-electron chi connectivity index (χ2n) is 1.24. The summed E-state index contributed by atoms with van der Waals surface area (Å²) in [6.07, 6.45) is 2.20. The van der Waals surface area contributed by atoms with Gasteiger partial charge in [-0.2, -0.15) is 0 Å². The Kier molecular flexibility index (Phi) is 1.31. The van der Waals surface area contributed by atoms with Crippen molar-refractivity contribution < 1.29 is 4.79 Å². The Morgan fingerprint density at radius 1 is 1.44 bits per heavy atom. The van der Waals surface area contributed by atoms with E-state index >= 15 is 0 Å². The predicted molar refractivity (Wildman–Crippen MR) is 26.6 cm³/mol. The van der Waals surface area contributed by atoms with Crippen molar-refractivity contribution in [1.29, 1.82) is 0 Å². The monoisotopic (exact) mass is 126 g/mol. The Morgan fingerprint density at radius 3 is 2.44 bits per heavy atom. The van der Waals surface area contributed by atoms with Gasteiger partial charge in [0.2, 0.25) is 0 Å². The summed E-state index contributed by atoms with van der Waals surface area (Å²) in [5.41, 5.74) is 0. The summed E-state index contributed by atoms with van der Waals surface area (Å²) < 4.78 is 0.882. The topological polar surface area (TPSA) is 77.2 Å². The summed E-state index contributed by atoms with van der Waals surface area (Å²) in [6.45, 7) is 0. The Hall–Kier alpha value is -1.59. The van der Waals surface area contributed by atoms with Gasteiger partial charge in [0.25, 0.3) is 0 Å². The fourth-order valence-corrected chi connectivity index (χ4v) is 0.347. The average Bonchev–Trinajstić information content (AvgIpc) is 2.37. The number of rotatable bonds is 0. The van der Waals surface area contributed by atoms with Crippen LogP contribution < -0.4 is 0 Å². The van der Waals surface area contributed by atoms with Crippen LogP contribution >= 0.6 is 0 Å². The van der Waals surface area contributed by atoms with Crippen LogP contribution in [0.15, 0.2) is 17.8 Å². The quantitative estimate of drug-likeness (QED) is 0.459. The van der Waals surface area contributed by atoms with Gasteiger partial charge in [-0.25, -0.2) is 9.36 Å². The predicted octanol–water partition coefficient (Wildman–Crippen LogP) is 0.0126. The molecular weight excluding hydrogens is 124 g/mol. The standard InChI is InChI=1S/C3H2N4O2/c8-3(6-9)7-1-4-5-2-7/h1-2H. The summed E-state index contributed by atoms with van der Waals surface area (Å²) in [4.78, 5) is 19.8. The second kappa shape index (κ2) is 2.12. The molecule has 0 unspecified atom stereocenters. The zero-order valence-electron chi connectivity index (χ0n) is 4.26. The molecular formula is C3H2N4O2. The molecule has 0 spiro atoms. The molecule has 0 atom stereocenters. The molecule has 0 fully saturated rings. The highest BCUT2D eigenvalue weighted by atomic mass is 16.3. The molecule has 0 bridgehead atoms. The van der Waals surface area contributed by atoms with E-state index in [9.17, 15) is 9.70 Å². The molecule has 9 heavy (non-hydrogen) atoms. The van der Waals surface area contributed by atoms with Crippen LogP contribution in [-0.4, -0.2) is 20.8 Å². The van der Waals surface area contributed by atoms with Crippen molar-refractivity contribution >= 4 is 6.03 Å². The van der Waals surface area contributed by atoms with Crippen LogP contribution in [0.2, 0.25) is 0 Å².